The van der Waals surface area contributed by atoms with Crippen molar-refractivity contribution in [3.63, 3.8) is 0 Å². The number of aromatic nitrogens is 1. The van der Waals surface area contributed by atoms with Gasteiger partial charge < -0.3 is 10.6 Å². The van der Waals surface area contributed by atoms with E-state index in [0.717, 1.165) is 18.9 Å². The van der Waals surface area contributed by atoms with Crippen LogP contribution in [0.25, 0.3) is 0 Å². The van der Waals surface area contributed by atoms with Gasteiger partial charge in [0.1, 0.15) is 5.69 Å². The van der Waals surface area contributed by atoms with Gasteiger partial charge in [-0.15, -0.1) is 0 Å². The summed E-state index contributed by atoms with van der Waals surface area (Å²) in [5.41, 5.74) is 5.23. The van der Waals surface area contributed by atoms with Crippen LogP contribution in [0.3, 0.4) is 0 Å². The van der Waals surface area contributed by atoms with Crippen molar-refractivity contribution in [1.82, 2.24) is 9.88 Å². The maximum Gasteiger partial charge on any atom is 0.433 e. The summed E-state index contributed by atoms with van der Waals surface area (Å²) in [4.78, 5) is 17.7. The number of piperidine rings is 1. The SMILES string of the molecule is Cc1nc(C(F)(F)F)ccc1C(=O)N1CCCC(C(C)N)C1. The van der Waals surface area contributed by atoms with Crippen molar-refractivity contribution in [2.75, 3.05) is 13.1 Å². The number of rotatable bonds is 2. The molecule has 1 saturated heterocycles. The number of hydrogen-bond donors (Lipinski definition) is 1. The Kier molecular flexibility index (Phi) is 4.75. The zero-order valence-corrected chi connectivity index (χ0v) is 12.7. The van der Waals surface area contributed by atoms with Crippen molar-refractivity contribution >= 4 is 5.91 Å². The molecule has 2 N–H and O–H groups in total. The van der Waals surface area contributed by atoms with Crippen LogP contribution in [-0.4, -0.2) is 34.9 Å². The second-order valence-corrected chi connectivity index (χ2v) is 5.84. The lowest BCUT2D eigenvalue weighted by Gasteiger charge is -2.34. The van der Waals surface area contributed by atoms with E-state index in [9.17, 15) is 18.0 Å². The highest BCUT2D eigenvalue weighted by Gasteiger charge is 2.34. The summed E-state index contributed by atoms with van der Waals surface area (Å²) in [5, 5.41) is 0. The van der Waals surface area contributed by atoms with Crippen LogP contribution in [0.4, 0.5) is 13.2 Å². The number of likely N-dealkylation sites (tertiary alicyclic amines) is 1. The maximum atomic E-state index is 12.6. The Morgan fingerprint density at radius 1 is 1.45 bits per heavy atom. The van der Waals surface area contributed by atoms with Crippen LogP contribution in [-0.2, 0) is 6.18 Å². The lowest BCUT2D eigenvalue weighted by atomic mass is 9.92. The minimum absolute atomic E-state index is 0.0116. The number of halogens is 3. The molecule has 1 amide bonds. The molecule has 0 radical (unpaired) electrons. The lowest BCUT2D eigenvalue weighted by molar-refractivity contribution is -0.141. The number of pyridine rings is 1. The molecule has 4 nitrogen and oxygen atoms in total. The van der Waals surface area contributed by atoms with E-state index >= 15 is 0 Å². The number of hydrogen-bond acceptors (Lipinski definition) is 3. The molecule has 0 spiro atoms. The average molecular weight is 315 g/mol. The number of alkyl halides is 3. The Morgan fingerprint density at radius 3 is 2.68 bits per heavy atom. The monoisotopic (exact) mass is 315 g/mol. The summed E-state index contributed by atoms with van der Waals surface area (Å²) in [5.74, 6) is -0.0514. The smallest absolute Gasteiger partial charge is 0.338 e. The molecule has 122 valence electrons. The van der Waals surface area contributed by atoms with Crippen molar-refractivity contribution in [2.24, 2.45) is 11.7 Å². The van der Waals surface area contributed by atoms with Crippen LogP contribution >= 0.6 is 0 Å². The van der Waals surface area contributed by atoms with Crippen LogP contribution in [0.2, 0.25) is 0 Å². The molecule has 1 aliphatic heterocycles. The fourth-order valence-corrected chi connectivity index (χ4v) is 2.74. The van der Waals surface area contributed by atoms with E-state index in [1.807, 2.05) is 6.92 Å². The average Bonchev–Trinajstić information content (AvgIpc) is 2.45. The third-order valence-electron chi connectivity index (χ3n) is 4.10. The second-order valence-electron chi connectivity index (χ2n) is 5.84. The normalized spacial score (nSPS) is 20.8. The third kappa shape index (κ3) is 3.58. The minimum atomic E-state index is -4.50. The molecule has 0 aromatic carbocycles. The molecule has 2 heterocycles. The number of carbonyl (C=O) groups is 1. The van der Waals surface area contributed by atoms with Crippen molar-refractivity contribution in [3.8, 4) is 0 Å². The summed E-state index contributed by atoms with van der Waals surface area (Å²) >= 11 is 0. The Bertz CT molecular complexity index is 557. The van der Waals surface area contributed by atoms with E-state index in [1.165, 1.54) is 13.0 Å². The Hall–Kier alpha value is -1.63. The fraction of sp³-hybridized carbons (Fsp3) is 0.600. The van der Waals surface area contributed by atoms with Gasteiger partial charge in [0.2, 0.25) is 0 Å². The first kappa shape index (κ1) is 16.7. The highest BCUT2D eigenvalue weighted by molar-refractivity contribution is 5.95. The molecule has 1 aromatic rings. The number of nitrogens with zero attached hydrogens (tertiary/aromatic N) is 2. The molecule has 1 aliphatic rings. The predicted octanol–water partition coefficient (Wildman–Crippen LogP) is 2.61. The van der Waals surface area contributed by atoms with Crippen molar-refractivity contribution in [3.05, 3.63) is 29.1 Å². The molecule has 22 heavy (non-hydrogen) atoms. The molecule has 1 fully saturated rings. The van der Waals surface area contributed by atoms with E-state index < -0.39 is 11.9 Å². The first-order valence-corrected chi connectivity index (χ1v) is 7.30. The zero-order valence-electron chi connectivity index (χ0n) is 12.7. The number of amides is 1. The van der Waals surface area contributed by atoms with Crippen molar-refractivity contribution in [2.45, 2.75) is 38.9 Å². The van der Waals surface area contributed by atoms with Gasteiger partial charge in [0.25, 0.3) is 5.91 Å². The van der Waals surface area contributed by atoms with Gasteiger partial charge in [-0.3, -0.25) is 4.79 Å². The number of aryl methyl sites for hydroxylation is 1. The largest absolute Gasteiger partial charge is 0.433 e. The van der Waals surface area contributed by atoms with E-state index in [2.05, 4.69) is 4.98 Å². The second kappa shape index (κ2) is 6.24. The van der Waals surface area contributed by atoms with Gasteiger partial charge in [-0.2, -0.15) is 13.2 Å². The number of nitrogens with two attached hydrogens (primary N) is 1. The molecule has 2 rings (SSSR count). The van der Waals surface area contributed by atoms with Gasteiger partial charge in [0.05, 0.1) is 11.3 Å². The molecule has 0 saturated carbocycles. The molecule has 2 unspecified atom stereocenters. The van der Waals surface area contributed by atoms with Crippen LogP contribution in [0.5, 0.6) is 0 Å². The van der Waals surface area contributed by atoms with Gasteiger partial charge in [-0.1, -0.05) is 0 Å². The van der Waals surface area contributed by atoms with Gasteiger partial charge in [-0.25, -0.2) is 4.98 Å². The topological polar surface area (TPSA) is 59.2 Å². The highest BCUT2D eigenvalue weighted by atomic mass is 19.4. The van der Waals surface area contributed by atoms with E-state index in [1.54, 1.807) is 4.90 Å². The predicted molar refractivity (Wildman–Crippen MR) is 76.3 cm³/mol. The molecule has 0 bridgehead atoms. The van der Waals surface area contributed by atoms with E-state index in [0.29, 0.717) is 13.1 Å². The molecule has 1 aromatic heterocycles. The Balaban J connectivity index is 2.19. The highest BCUT2D eigenvalue weighted by Crippen LogP contribution is 2.29. The van der Waals surface area contributed by atoms with Crippen LogP contribution < -0.4 is 5.73 Å². The molecular formula is C15H20F3N3O. The van der Waals surface area contributed by atoms with E-state index in [-0.39, 0.29) is 29.1 Å². The fourth-order valence-electron chi connectivity index (χ4n) is 2.74. The molecular weight excluding hydrogens is 295 g/mol. The summed E-state index contributed by atoms with van der Waals surface area (Å²) in [6.45, 7) is 4.47. The van der Waals surface area contributed by atoms with E-state index in [4.69, 9.17) is 5.73 Å². The Morgan fingerprint density at radius 2 is 2.14 bits per heavy atom. The van der Waals surface area contributed by atoms with Gasteiger partial charge in [0.15, 0.2) is 0 Å². The van der Waals surface area contributed by atoms with Crippen LogP contribution in [0.1, 0.15) is 41.5 Å². The molecule has 0 aliphatic carbocycles. The molecule has 2 atom stereocenters. The minimum Gasteiger partial charge on any atom is -0.338 e. The lowest BCUT2D eigenvalue weighted by Crippen LogP contribution is -2.45. The van der Waals surface area contributed by atoms with Crippen molar-refractivity contribution < 1.29 is 18.0 Å². The zero-order chi connectivity index (χ0) is 16.5. The summed E-state index contributed by atoms with van der Waals surface area (Å²) < 4.78 is 37.9. The Labute approximate surface area is 127 Å². The standard InChI is InChI=1S/C15H20F3N3O/c1-9(19)11-4-3-7-21(8-11)14(22)12-5-6-13(15(16,17)18)20-10(12)2/h5-6,9,11H,3-4,7-8,19H2,1-2H3. The van der Waals surface area contributed by atoms with Gasteiger partial charge in [0, 0.05) is 19.1 Å². The third-order valence-corrected chi connectivity index (χ3v) is 4.10. The van der Waals surface area contributed by atoms with Gasteiger partial charge in [-0.05, 0) is 44.7 Å². The van der Waals surface area contributed by atoms with Gasteiger partial charge >= 0.3 is 6.18 Å². The number of carbonyl (C=O) groups excluding carboxylic acids is 1. The maximum absolute atomic E-state index is 12.6. The van der Waals surface area contributed by atoms with Crippen LogP contribution in [0, 0.1) is 12.8 Å². The molecule has 7 heteroatoms. The summed E-state index contributed by atoms with van der Waals surface area (Å²) in [6, 6.07) is 2.05. The quantitative estimate of drug-likeness (QED) is 0.912. The van der Waals surface area contributed by atoms with Crippen LogP contribution in [0.15, 0.2) is 12.1 Å². The summed E-state index contributed by atoms with van der Waals surface area (Å²) in [7, 11) is 0. The summed E-state index contributed by atoms with van der Waals surface area (Å²) in [6.07, 6.45) is -2.69. The van der Waals surface area contributed by atoms with Crippen molar-refractivity contribution in [1.29, 1.82) is 0 Å². The first-order chi connectivity index (χ1) is 10.2. The first-order valence-electron chi connectivity index (χ1n) is 7.30.